The minimum Gasteiger partial charge on any atom is -0.496 e. The Kier molecular flexibility index (Phi) is 6.76. The molecule has 0 spiro atoms. The lowest BCUT2D eigenvalue weighted by molar-refractivity contribution is 0.0529. The molecule has 0 heterocycles. The summed E-state index contributed by atoms with van der Waals surface area (Å²) in [6, 6.07) is 5.63. The fourth-order valence-corrected chi connectivity index (χ4v) is 1.82. The minimum atomic E-state index is -0.481. The average Bonchev–Trinajstić information content (AvgIpc) is 2.44. The Hall–Kier alpha value is -2.17. The van der Waals surface area contributed by atoms with E-state index in [4.69, 9.17) is 14.2 Å². The number of amides is 1. The summed E-state index contributed by atoms with van der Waals surface area (Å²) in [4.78, 5) is 11.5. The van der Waals surface area contributed by atoms with E-state index < -0.39 is 11.7 Å². The molecule has 0 aliphatic heterocycles. The number of benzene rings is 1. The molecule has 1 N–H and O–H groups in total. The van der Waals surface area contributed by atoms with Crippen LogP contribution in [0.1, 0.15) is 32.8 Å². The zero-order chi connectivity index (χ0) is 16.6. The van der Waals surface area contributed by atoms with Gasteiger partial charge in [-0.25, -0.2) is 4.79 Å². The largest absolute Gasteiger partial charge is 0.496 e. The molecule has 0 saturated heterocycles. The number of ether oxygens (including phenoxy) is 3. The number of hydrogen-bond donors (Lipinski definition) is 1. The van der Waals surface area contributed by atoms with Crippen LogP contribution in [0.3, 0.4) is 0 Å². The molecule has 1 rings (SSSR count). The van der Waals surface area contributed by atoms with E-state index in [0.717, 1.165) is 17.1 Å². The lowest BCUT2D eigenvalue weighted by Gasteiger charge is -2.19. The first kappa shape index (κ1) is 17.9. The van der Waals surface area contributed by atoms with Gasteiger partial charge in [0.05, 0.1) is 19.8 Å². The summed E-state index contributed by atoms with van der Waals surface area (Å²) in [7, 11) is 3.24. The highest BCUT2D eigenvalue weighted by Gasteiger charge is 2.15. The molecule has 0 saturated carbocycles. The van der Waals surface area contributed by atoms with E-state index in [0.29, 0.717) is 13.0 Å². The van der Waals surface area contributed by atoms with Crippen LogP contribution in [0.25, 0.3) is 6.08 Å². The molecule has 5 nitrogen and oxygen atoms in total. The van der Waals surface area contributed by atoms with E-state index >= 15 is 0 Å². The van der Waals surface area contributed by atoms with E-state index in [1.54, 1.807) is 14.2 Å². The summed E-state index contributed by atoms with van der Waals surface area (Å²) in [5.74, 6) is 1.49. The van der Waals surface area contributed by atoms with Crippen LogP contribution in [-0.4, -0.2) is 32.5 Å². The van der Waals surface area contributed by atoms with Crippen LogP contribution in [-0.2, 0) is 4.74 Å². The van der Waals surface area contributed by atoms with E-state index in [-0.39, 0.29) is 0 Å². The van der Waals surface area contributed by atoms with Gasteiger partial charge in [0.1, 0.15) is 17.1 Å². The van der Waals surface area contributed by atoms with Crippen molar-refractivity contribution in [3.8, 4) is 11.5 Å². The van der Waals surface area contributed by atoms with Crippen LogP contribution in [0, 0.1) is 0 Å². The lowest BCUT2D eigenvalue weighted by atomic mass is 10.1. The zero-order valence-electron chi connectivity index (χ0n) is 13.9. The minimum absolute atomic E-state index is 0.407. The number of hydrogen-bond acceptors (Lipinski definition) is 4. The second kappa shape index (κ2) is 8.32. The molecule has 0 unspecified atom stereocenters. The first-order valence-electron chi connectivity index (χ1n) is 7.21. The van der Waals surface area contributed by atoms with Gasteiger partial charge < -0.3 is 19.5 Å². The van der Waals surface area contributed by atoms with Crippen LogP contribution in [0.2, 0.25) is 0 Å². The van der Waals surface area contributed by atoms with Crippen molar-refractivity contribution in [2.75, 3.05) is 20.8 Å². The van der Waals surface area contributed by atoms with Crippen LogP contribution >= 0.6 is 0 Å². The summed E-state index contributed by atoms with van der Waals surface area (Å²) in [5, 5.41) is 2.71. The monoisotopic (exact) mass is 307 g/mol. The quantitative estimate of drug-likeness (QED) is 0.815. The Morgan fingerprint density at radius 2 is 1.77 bits per heavy atom. The third-order valence-electron chi connectivity index (χ3n) is 2.73. The van der Waals surface area contributed by atoms with Crippen LogP contribution < -0.4 is 14.8 Å². The van der Waals surface area contributed by atoms with Gasteiger partial charge in [-0.1, -0.05) is 18.2 Å². The van der Waals surface area contributed by atoms with E-state index in [1.807, 2.05) is 51.1 Å². The SMILES string of the molecule is COc1cccc(OC)c1C=CCCNC(=O)OC(C)(C)C. The summed E-state index contributed by atoms with van der Waals surface area (Å²) < 4.78 is 15.8. The number of rotatable bonds is 6. The number of alkyl carbamates (subject to hydrolysis) is 1. The first-order chi connectivity index (χ1) is 10.4. The Labute approximate surface area is 132 Å². The van der Waals surface area contributed by atoms with E-state index in [2.05, 4.69) is 5.32 Å². The van der Waals surface area contributed by atoms with E-state index in [1.165, 1.54) is 0 Å². The molecule has 0 bridgehead atoms. The summed E-state index contributed by atoms with van der Waals surface area (Å²) >= 11 is 0. The van der Waals surface area contributed by atoms with Crippen molar-refractivity contribution in [1.82, 2.24) is 5.32 Å². The van der Waals surface area contributed by atoms with Crippen molar-refractivity contribution in [2.24, 2.45) is 0 Å². The van der Waals surface area contributed by atoms with Crippen molar-refractivity contribution in [2.45, 2.75) is 32.8 Å². The summed E-state index contributed by atoms with van der Waals surface area (Å²) in [6.07, 6.45) is 4.16. The summed E-state index contributed by atoms with van der Waals surface area (Å²) in [5.41, 5.74) is 0.398. The summed E-state index contributed by atoms with van der Waals surface area (Å²) in [6.45, 7) is 6.00. The van der Waals surface area contributed by atoms with Crippen molar-refractivity contribution in [3.05, 3.63) is 29.8 Å². The fraction of sp³-hybridized carbons (Fsp3) is 0.471. The lowest BCUT2D eigenvalue weighted by Crippen LogP contribution is -2.32. The Balaban J connectivity index is 2.52. The maximum Gasteiger partial charge on any atom is 0.407 e. The molecule has 0 atom stereocenters. The van der Waals surface area contributed by atoms with Crippen LogP contribution in [0.15, 0.2) is 24.3 Å². The Morgan fingerprint density at radius 3 is 2.27 bits per heavy atom. The van der Waals surface area contributed by atoms with Crippen molar-refractivity contribution in [3.63, 3.8) is 0 Å². The standard InChI is InChI=1S/C17H25NO4/c1-17(2,3)22-16(19)18-12-7-6-9-13-14(20-4)10-8-11-15(13)21-5/h6,8-11H,7,12H2,1-5H3,(H,18,19). The van der Waals surface area contributed by atoms with Crippen LogP contribution in [0.4, 0.5) is 4.79 Å². The third-order valence-corrected chi connectivity index (χ3v) is 2.73. The number of carbonyl (C=O) groups is 1. The second-order valence-corrected chi connectivity index (χ2v) is 5.70. The molecular weight excluding hydrogens is 282 g/mol. The predicted octanol–water partition coefficient (Wildman–Crippen LogP) is 3.63. The highest BCUT2D eigenvalue weighted by molar-refractivity contribution is 5.67. The maximum atomic E-state index is 11.5. The molecule has 0 aromatic heterocycles. The maximum absolute atomic E-state index is 11.5. The molecule has 0 fully saturated rings. The molecule has 22 heavy (non-hydrogen) atoms. The van der Waals surface area contributed by atoms with Gasteiger partial charge >= 0.3 is 6.09 Å². The van der Waals surface area contributed by atoms with Crippen molar-refractivity contribution < 1.29 is 19.0 Å². The van der Waals surface area contributed by atoms with Gasteiger partial charge in [-0.3, -0.25) is 0 Å². The van der Waals surface area contributed by atoms with Gasteiger partial charge in [0, 0.05) is 6.54 Å². The van der Waals surface area contributed by atoms with Gasteiger partial charge in [-0.05, 0) is 39.3 Å². The molecule has 0 aliphatic rings. The average molecular weight is 307 g/mol. The highest BCUT2D eigenvalue weighted by Crippen LogP contribution is 2.29. The topological polar surface area (TPSA) is 56.8 Å². The Morgan fingerprint density at radius 1 is 1.18 bits per heavy atom. The zero-order valence-corrected chi connectivity index (χ0v) is 13.9. The van der Waals surface area contributed by atoms with Gasteiger partial charge in [0.25, 0.3) is 0 Å². The molecule has 0 aliphatic carbocycles. The number of methoxy groups -OCH3 is 2. The second-order valence-electron chi connectivity index (χ2n) is 5.70. The molecular formula is C17H25NO4. The smallest absolute Gasteiger partial charge is 0.407 e. The molecule has 122 valence electrons. The number of carbonyl (C=O) groups excluding carboxylic acids is 1. The first-order valence-corrected chi connectivity index (χ1v) is 7.21. The molecule has 1 aromatic rings. The fourth-order valence-electron chi connectivity index (χ4n) is 1.82. The van der Waals surface area contributed by atoms with E-state index in [9.17, 15) is 4.79 Å². The molecule has 1 aromatic carbocycles. The normalized spacial score (nSPS) is 11.3. The Bertz CT molecular complexity index is 496. The van der Waals surface area contributed by atoms with Gasteiger partial charge in [-0.2, -0.15) is 0 Å². The molecule has 0 radical (unpaired) electrons. The third kappa shape index (κ3) is 6.08. The number of nitrogens with one attached hydrogen (secondary N) is 1. The molecule has 5 heteroatoms. The van der Waals surface area contributed by atoms with Crippen molar-refractivity contribution >= 4 is 12.2 Å². The predicted molar refractivity (Wildman–Crippen MR) is 87.4 cm³/mol. The highest BCUT2D eigenvalue weighted by atomic mass is 16.6. The van der Waals surface area contributed by atoms with Gasteiger partial charge in [-0.15, -0.1) is 0 Å². The van der Waals surface area contributed by atoms with Gasteiger partial charge in [0.2, 0.25) is 0 Å². The molecule has 1 amide bonds. The van der Waals surface area contributed by atoms with Crippen LogP contribution in [0.5, 0.6) is 11.5 Å². The van der Waals surface area contributed by atoms with Crippen molar-refractivity contribution in [1.29, 1.82) is 0 Å². The van der Waals surface area contributed by atoms with Gasteiger partial charge in [0.15, 0.2) is 0 Å².